The van der Waals surface area contributed by atoms with E-state index in [-0.39, 0.29) is 11.7 Å². The molecule has 0 bridgehead atoms. The number of anilines is 1. The Hall–Kier alpha value is -3.80. The van der Waals surface area contributed by atoms with E-state index in [9.17, 15) is 22.8 Å². The number of rotatable bonds is 3. The first-order valence-corrected chi connectivity index (χ1v) is 10.7. The van der Waals surface area contributed by atoms with Crippen molar-refractivity contribution in [2.24, 2.45) is 0 Å². The third kappa shape index (κ3) is 3.93. The van der Waals surface area contributed by atoms with E-state index in [2.05, 4.69) is 20.5 Å². The number of halogens is 3. The molecule has 1 N–H and O–H groups in total. The Balaban J connectivity index is 1.33. The average Bonchev–Trinajstić information content (AvgIpc) is 3.42. The van der Waals surface area contributed by atoms with Crippen molar-refractivity contribution in [2.75, 3.05) is 11.9 Å². The zero-order valence-corrected chi connectivity index (χ0v) is 17.7. The number of nitrogens with zero attached hydrogens (tertiary/aromatic N) is 5. The highest BCUT2D eigenvalue weighted by atomic mass is 32.1. The molecule has 4 aromatic heterocycles. The molecule has 4 aromatic rings. The molecule has 0 spiro atoms. The first-order valence-electron chi connectivity index (χ1n) is 9.83. The van der Waals surface area contributed by atoms with Gasteiger partial charge in [0.2, 0.25) is 0 Å². The maximum atomic E-state index is 13.1. The maximum Gasteiger partial charge on any atom is 0.418 e. The fraction of sp³-hybridized carbons (Fsp3) is 0.190. The van der Waals surface area contributed by atoms with E-state index >= 15 is 0 Å². The minimum atomic E-state index is -4.59. The molecule has 0 unspecified atom stereocenters. The third-order valence-electron chi connectivity index (χ3n) is 5.34. The molecule has 1 aliphatic rings. The van der Waals surface area contributed by atoms with Gasteiger partial charge in [-0.05, 0) is 30.2 Å². The first-order chi connectivity index (χ1) is 15.8. The highest BCUT2D eigenvalue weighted by Crippen LogP contribution is 2.31. The summed E-state index contributed by atoms with van der Waals surface area (Å²) in [6.07, 6.45) is -0.241. The normalized spacial score (nSPS) is 13.7. The highest BCUT2D eigenvalue weighted by Gasteiger charge is 2.32. The van der Waals surface area contributed by atoms with Gasteiger partial charge in [0.25, 0.3) is 11.8 Å². The summed E-state index contributed by atoms with van der Waals surface area (Å²) in [6.45, 7) is 0.724. The quantitative estimate of drug-likeness (QED) is 0.491. The Morgan fingerprint density at radius 3 is 2.85 bits per heavy atom. The molecule has 5 heterocycles. The summed E-state index contributed by atoms with van der Waals surface area (Å²) in [6, 6.07) is 6.20. The van der Waals surface area contributed by atoms with E-state index in [1.54, 1.807) is 20.9 Å². The maximum absolute atomic E-state index is 13.1. The standard InChI is InChI=1S/C21H15F3N6O2S/c22-21(23,24)12-7-17(28-26-8-12)27-19(31)14-11-33-16-10-29(6-4-13(14)16)20(32)15-9-25-18-3-1-2-5-30(15)18/h1-3,5,7-9,11H,4,6,10H2,(H,27,28,31). The summed E-state index contributed by atoms with van der Waals surface area (Å²) >= 11 is 1.33. The number of carbonyl (C=O) groups excluding carboxylic acids is 2. The van der Waals surface area contributed by atoms with Crippen LogP contribution in [0, 0.1) is 0 Å². The minimum absolute atomic E-state index is 0.169. The van der Waals surface area contributed by atoms with Crippen molar-refractivity contribution >= 4 is 34.6 Å². The molecule has 0 aliphatic carbocycles. The Kier molecular flexibility index (Phi) is 5.08. The van der Waals surface area contributed by atoms with Gasteiger partial charge in [0.05, 0.1) is 30.1 Å². The van der Waals surface area contributed by atoms with E-state index in [0.29, 0.717) is 42.6 Å². The molecule has 0 atom stereocenters. The van der Waals surface area contributed by atoms with Crippen LogP contribution in [0.5, 0.6) is 0 Å². The van der Waals surface area contributed by atoms with Gasteiger partial charge in [0, 0.05) is 23.0 Å². The van der Waals surface area contributed by atoms with Crippen molar-refractivity contribution in [1.82, 2.24) is 24.5 Å². The SMILES string of the molecule is O=C(Nc1cc(C(F)(F)F)cnn1)c1csc2c1CCN(C(=O)c1cnc3ccccn13)C2. The lowest BCUT2D eigenvalue weighted by Gasteiger charge is -2.27. The van der Waals surface area contributed by atoms with Crippen molar-refractivity contribution in [3.05, 3.63) is 75.5 Å². The Labute approximate surface area is 188 Å². The summed E-state index contributed by atoms with van der Waals surface area (Å²) in [5.74, 6) is -1.02. The number of thiophene rings is 1. The second-order valence-electron chi connectivity index (χ2n) is 7.38. The predicted molar refractivity (Wildman–Crippen MR) is 113 cm³/mol. The molecule has 8 nitrogen and oxygen atoms in total. The van der Waals surface area contributed by atoms with E-state index in [0.717, 1.165) is 16.5 Å². The molecule has 2 amide bonds. The van der Waals surface area contributed by atoms with Crippen molar-refractivity contribution in [1.29, 1.82) is 0 Å². The molecule has 0 saturated heterocycles. The van der Waals surface area contributed by atoms with Crippen LogP contribution in [0.2, 0.25) is 0 Å². The van der Waals surface area contributed by atoms with Gasteiger partial charge in [-0.15, -0.1) is 16.4 Å². The van der Waals surface area contributed by atoms with Crippen LogP contribution in [-0.4, -0.2) is 42.8 Å². The molecular weight excluding hydrogens is 457 g/mol. The summed E-state index contributed by atoms with van der Waals surface area (Å²) in [4.78, 5) is 32.6. The molecule has 0 saturated carbocycles. The van der Waals surface area contributed by atoms with E-state index in [1.807, 2.05) is 18.2 Å². The second kappa shape index (κ2) is 7.96. The Bertz CT molecular complexity index is 1380. The van der Waals surface area contributed by atoms with Gasteiger partial charge in [0.1, 0.15) is 11.3 Å². The summed E-state index contributed by atoms with van der Waals surface area (Å²) in [7, 11) is 0. The van der Waals surface area contributed by atoms with Crippen molar-refractivity contribution in [2.45, 2.75) is 19.1 Å². The second-order valence-corrected chi connectivity index (χ2v) is 8.35. The van der Waals surface area contributed by atoms with Crippen molar-refractivity contribution < 1.29 is 22.8 Å². The van der Waals surface area contributed by atoms with Crippen LogP contribution in [0.4, 0.5) is 19.0 Å². The van der Waals surface area contributed by atoms with Crippen molar-refractivity contribution in [3.8, 4) is 0 Å². The van der Waals surface area contributed by atoms with Crippen LogP contribution in [-0.2, 0) is 19.1 Å². The lowest BCUT2D eigenvalue weighted by molar-refractivity contribution is -0.137. The molecule has 1 aliphatic heterocycles. The van der Waals surface area contributed by atoms with E-state index in [4.69, 9.17) is 0 Å². The molecule has 0 fully saturated rings. The number of hydrogen-bond donors (Lipinski definition) is 1. The summed E-state index contributed by atoms with van der Waals surface area (Å²) in [5.41, 5.74) is 1.26. The van der Waals surface area contributed by atoms with Crippen LogP contribution in [0.15, 0.2) is 48.2 Å². The molecule has 0 radical (unpaired) electrons. The molecule has 12 heteroatoms. The number of hydrogen-bond acceptors (Lipinski definition) is 6. The molecule has 0 aromatic carbocycles. The van der Waals surface area contributed by atoms with Gasteiger partial charge in [-0.25, -0.2) is 4.98 Å². The number of carbonyl (C=O) groups is 2. The molecular formula is C21H15F3N6O2S. The predicted octanol–water partition coefficient (Wildman–Crippen LogP) is 3.66. The van der Waals surface area contributed by atoms with Gasteiger partial charge < -0.3 is 10.2 Å². The number of alkyl halides is 3. The minimum Gasteiger partial charge on any atom is -0.332 e. The van der Waals surface area contributed by atoms with Gasteiger partial charge in [0.15, 0.2) is 5.82 Å². The van der Waals surface area contributed by atoms with Gasteiger partial charge >= 0.3 is 6.18 Å². The van der Waals surface area contributed by atoms with Gasteiger partial charge in [-0.3, -0.25) is 14.0 Å². The van der Waals surface area contributed by atoms with Crippen LogP contribution in [0.1, 0.15) is 36.9 Å². The average molecular weight is 472 g/mol. The van der Waals surface area contributed by atoms with Gasteiger partial charge in [-0.2, -0.15) is 18.3 Å². The van der Waals surface area contributed by atoms with E-state index < -0.39 is 17.6 Å². The molecule has 5 rings (SSSR count). The van der Waals surface area contributed by atoms with Crippen LogP contribution < -0.4 is 5.32 Å². The highest BCUT2D eigenvalue weighted by molar-refractivity contribution is 7.10. The van der Waals surface area contributed by atoms with E-state index in [1.165, 1.54) is 17.5 Å². The first kappa shape index (κ1) is 21.1. The Morgan fingerprint density at radius 1 is 1.18 bits per heavy atom. The summed E-state index contributed by atoms with van der Waals surface area (Å²) < 4.78 is 40.4. The molecule has 33 heavy (non-hydrogen) atoms. The number of pyridine rings is 1. The van der Waals surface area contributed by atoms with Crippen LogP contribution in [0.25, 0.3) is 5.65 Å². The zero-order chi connectivity index (χ0) is 23.2. The third-order valence-corrected chi connectivity index (χ3v) is 6.35. The lowest BCUT2D eigenvalue weighted by Crippen LogP contribution is -2.36. The van der Waals surface area contributed by atoms with Crippen LogP contribution >= 0.6 is 11.3 Å². The van der Waals surface area contributed by atoms with Crippen LogP contribution in [0.3, 0.4) is 0 Å². The largest absolute Gasteiger partial charge is 0.418 e. The number of nitrogens with one attached hydrogen (secondary N) is 1. The summed E-state index contributed by atoms with van der Waals surface area (Å²) in [5, 5.41) is 10.9. The molecule has 168 valence electrons. The van der Waals surface area contributed by atoms with Gasteiger partial charge in [-0.1, -0.05) is 6.07 Å². The number of imidazole rings is 1. The van der Waals surface area contributed by atoms with Crippen molar-refractivity contribution in [3.63, 3.8) is 0 Å². The smallest absolute Gasteiger partial charge is 0.332 e. The number of aromatic nitrogens is 4. The Morgan fingerprint density at radius 2 is 2.03 bits per heavy atom. The fourth-order valence-corrected chi connectivity index (χ4v) is 4.81. The lowest BCUT2D eigenvalue weighted by atomic mass is 10.0. The topological polar surface area (TPSA) is 92.5 Å². The fourth-order valence-electron chi connectivity index (χ4n) is 3.71. The number of amides is 2. The monoisotopic (exact) mass is 472 g/mol. The zero-order valence-electron chi connectivity index (χ0n) is 16.8. The number of fused-ring (bicyclic) bond motifs is 2.